The van der Waals surface area contributed by atoms with Gasteiger partial charge >= 0.3 is 0 Å². The zero-order valence-corrected chi connectivity index (χ0v) is 19.4. The first-order valence-electron chi connectivity index (χ1n) is 9.82. The molecule has 2 aromatic carbocycles. The molecule has 0 atom stereocenters. The lowest BCUT2D eigenvalue weighted by atomic mass is 9.95. The van der Waals surface area contributed by atoms with Gasteiger partial charge in [0.05, 0.1) is 27.2 Å². The van der Waals surface area contributed by atoms with Crippen LogP contribution in [0, 0.1) is 0 Å². The maximum absolute atomic E-state index is 12.5. The number of rotatable bonds is 7. The van der Waals surface area contributed by atoms with Crippen LogP contribution in [0.5, 0.6) is 0 Å². The Labute approximate surface area is 194 Å². The molecule has 3 aromatic rings. The molecule has 7 nitrogen and oxygen atoms in total. The van der Waals surface area contributed by atoms with Crippen molar-refractivity contribution in [2.75, 3.05) is 11.1 Å². The minimum absolute atomic E-state index is 0.110. The van der Waals surface area contributed by atoms with Gasteiger partial charge in [0.25, 0.3) is 0 Å². The van der Waals surface area contributed by atoms with Crippen molar-refractivity contribution in [2.45, 2.75) is 43.3 Å². The van der Waals surface area contributed by atoms with Gasteiger partial charge in [0, 0.05) is 5.54 Å². The van der Waals surface area contributed by atoms with Crippen molar-refractivity contribution in [3.63, 3.8) is 0 Å². The molecular weight excluding hydrogens is 455 g/mol. The Morgan fingerprint density at radius 3 is 2.65 bits per heavy atom. The number of hydrogen-bond acceptors (Lipinski definition) is 6. The van der Waals surface area contributed by atoms with E-state index < -0.39 is 5.54 Å². The van der Waals surface area contributed by atoms with Crippen molar-refractivity contribution < 1.29 is 4.79 Å². The van der Waals surface area contributed by atoms with Crippen LogP contribution in [-0.4, -0.2) is 31.9 Å². The highest BCUT2D eigenvalue weighted by Gasteiger charge is 2.24. The van der Waals surface area contributed by atoms with E-state index in [1.54, 1.807) is 16.8 Å². The van der Waals surface area contributed by atoms with Crippen LogP contribution in [0.25, 0.3) is 5.69 Å². The van der Waals surface area contributed by atoms with Gasteiger partial charge in [0.1, 0.15) is 0 Å². The molecule has 0 spiro atoms. The highest BCUT2D eigenvalue weighted by atomic mass is 35.5. The van der Waals surface area contributed by atoms with E-state index in [2.05, 4.69) is 26.9 Å². The van der Waals surface area contributed by atoms with E-state index in [0.717, 1.165) is 5.56 Å². The second kappa shape index (κ2) is 8.78. The number of nitrogens with one attached hydrogen (secondary N) is 1. The minimum Gasteiger partial charge on any atom is -0.324 e. The van der Waals surface area contributed by atoms with Crippen molar-refractivity contribution in [2.24, 2.45) is 5.73 Å². The quantitative estimate of drug-likeness (QED) is 0.476. The number of aromatic nitrogens is 4. The number of carbonyl (C=O) groups is 1. The van der Waals surface area contributed by atoms with Crippen molar-refractivity contribution >= 4 is 46.6 Å². The van der Waals surface area contributed by atoms with E-state index in [1.807, 2.05) is 32.0 Å². The first kappa shape index (κ1) is 22.1. The molecule has 1 aromatic heterocycles. The largest absolute Gasteiger partial charge is 0.324 e. The highest BCUT2D eigenvalue weighted by Crippen LogP contribution is 2.41. The molecule has 0 unspecified atom stereocenters. The van der Waals surface area contributed by atoms with Crippen LogP contribution in [0.3, 0.4) is 0 Å². The molecule has 0 aliphatic heterocycles. The number of nitrogens with zero attached hydrogens (tertiary/aromatic N) is 4. The van der Waals surface area contributed by atoms with Crippen molar-refractivity contribution in [1.29, 1.82) is 0 Å². The summed E-state index contributed by atoms with van der Waals surface area (Å²) in [5.41, 5.74) is 8.91. The molecule has 3 N–H and O–H groups in total. The molecule has 31 heavy (non-hydrogen) atoms. The summed E-state index contributed by atoms with van der Waals surface area (Å²) in [7, 11) is 0. The topological polar surface area (TPSA) is 98.7 Å². The normalized spacial score (nSPS) is 14.0. The molecule has 1 aliphatic rings. The summed E-state index contributed by atoms with van der Waals surface area (Å²) >= 11 is 14.0. The predicted octanol–water partition coefficient (Wildman–Crippen LogP) is 4.77. The second-order valence-electron chi connectivity index (χ2n) is 8.11. The fraction of sp³-hybridized carbons (Fsp3) is 0.333. The Bertz CT molecular complexity index is 1120. The Hall–Kier alpha value is -2.13. The zero-order chi connectivity index (χ0) is 22.2. The molecule has 162 valence electrons. The lowest BCUT2D eigenvalue weighted by Gasteiger charge is -2.20. The van der Waals surface area contributed by atoms with Gasteiger partial charge in [-0.15, -0.1) is 5.10 Å². The molecule has 0 bridgehead atoms. The lowest BCUT2D eigenvalue weighted by molar-refractivity contribution is -0.113. The maximum Gasteiger partial charge on any atom is 0.234 e. The molecule has 1 aliphatic carbocycles. The molecule has 0 saturated heterocycles. The third-order valence-electron chi connectivity index (χ3n) is 5.01. The number of hydrogen-bond donors (Lipinski definition) is 2. The summed E-state index contributed by atoms with van der Waals surface area (Å²) in [6, 6.07) is 11.3. The Balaban J connectivity index is 1.42. The molecule has 1 fully saturated rings. The zero-order valence-electron chi connectivity index (χ0n) is 17.1. The fourth-order valence-electron chi connectivity index (χ4n) is 3.12. The highest BCUT2D eigenvalue weighted by molar-refractivity contribution is 7.99. The van der Waals surface area contributed by atoms with Crippen LogP contribution in [-0.2, 0) is 10.3 Å². The van der Waals surface area contributed by atoms with Crippen molar-refractivity contribution in [3.05, 3.63) is 57.6 Å². The minimum atomic E-state index is -0.517. The molecule has 1 heterocycles. The van der Waals surface area contributed by atoms with E-state index in [-0.39, 0.29) is 11.7 Å². The lowest BCUT2D eigenvalue weighted by Crippen LogP contribution is -2.28. The predicted molar refractivity (Wildman–Crippen MR) is 124 cm³/mol. The van der Waals surface area contributed by atoms with Gasteiger partial charge in [-0.25, -0.2) is 0 Å². The summed E-state index contributed by atoms with van der Waals surface area (Å²) in [6.45, 7) is 3.78. The summed E-state index contributed by atoms with van der Waals surface area (Å²) in [5.74, 6) is 0.490. The Kier molecular flexibility index (Phi) is 6.25. The van der Waals surface area contributed by atoms with Crippen LogP contribution in [0.4, 0.5) is 5.69 Å². The molecule has 0 radical (unpaired) electrons. The number of halogens is 2. The molecule has 1 amide bonds. The van der Waals surface area contributed by atoms with Gasteiger partial charge in [-0.1, -0.05) is 47.1 Å². The van der Waals surface area contributed by atoms with E-state index in [4.69, 9.17) is 28.9 Å². The Morgan fingerprint density at radius 2 is 2.00 bits per heavy atom. The average molecular weight is 477 g/mol. The number of carbonyl (C=O) groups excluding carboxylic acids is 1. The Morgan fingerprint density at radius 1 is 1.23 bits per heavy atom. The monoisotopic (exact) mass is 476 g/mol. The third-order valence-corrected chi connectivity index (χ3v) is 6.54. The van der Waals surface area contributed by atoms with Crippen LogP contribution in [0.2, 0.25) is 10.0 Å². The second-order valence-corrected chi connectivity index (χ2v) is 9.87. The first-order valence-corrected chi connectivity index (χ1v) is 11.6. The van der Waals surface area contributed by atoms with Gasteiger partial charge < -0.3 is 11.1 Å². The maximum atomic E-state index is 12.5. The molecule has 1 saturated carbocycles. The van der Waals surface area contributed by atoms with E-state index >= 15 is 0 Å². The third kappa shape index (κ3) is 5.20. The van der Waals surface area contributed by atoms with Gasteiger partial charge in [0.2, 0.25) is 11.1 Å². The summed E-state index contributed by atoms with van der Waals surface area (Å²) in [6.07, 6.45) is 2.40. The van der Waals surface area contributed by atoms with E-state index in [1.165, 1.54) is 30.2 Å². The molecular formula is C21H22Cl2N6OS. The number of benzene rings is 2. The molecule has 4 rings (SSSR count). The van der Waals surface area contributed by atoms with Gasteiger partial charge in [-0.05, 0) is 78.4 Å². The summed E-state index contributed by atoms with van der Waals surface area (Å²) < 4.78 is 1.54. The standard InChI is InChI=1S/C21H22Cl2N6OS/c1-21(2,24)14-6-7-17(15(22)10-14)25-19(30)11-31-20-26-27-28-29(20)18-8-5-13(9-16(18)23)12-3-4-12/h5-10,12H,3-4,11,24H2,1-2H3,(H,25,30). The number of thioether (sulfide) groups is 1. The SMILES string of the molecule is CC(C)(N)c1ccc(NC(=O)CSc2nnnn2-c2ccc(C3CC3)cc2Cl)c(Cl)c1. The van der Waals surface area contributed by atoms with Crippen LogP contribution in [0.15, 0.2) is 41.6 Å². The van der Waals surface area contributed by atoms with Crippen molar-refractivity contribution in [3.8, 4) is 5.69 Å². The van der Waals surface area contributed by atoms with Crippen LogP contribution in [0.1, 0.15) is 43.7 Å². The number of anilines is 1. The fourth-order valence-corrected chi connectivity index (χ4v) is 4.30. The van der Waals surface area contributed by atoms with Gasteiger partial charge in [-0.3, -0.25) is 4.79 Å². The van der Waals surface area contributed by atoms with E-state index in [0.29, 0.717) is 32.5 Å². The number of tetrazole rings is 1. The average Bonchev–Trinajstić information content (AvgIpc) is 3.46. The van der Waals surface area contributed by atoms with Crippen LogP contribution >= 0.6 is 35.0 Å². The smallest absolute Gasteiger partial charge is 0.234 e. The summed E-state index contributed by atoms with van der Waals surface area (Å²) in [4.78, 5) is 12.5. The van der Waals surface area contributed by atoms with Crippen molar-refractivity contribution in [1.82, 2.24) is 20.2 Å². The first-order chi connectivity index (χ1) is 14.7. The molecule has 10 heteroatoms. The number of amides is 1. The van der Waals surface area contributed by atoms with E-state index in [9.17, 15) is 4.79 Å². The van der Waals surface area contributed by atoms with Gasteiger partial charge in [0.15, 0.2) is 0 Å². The number of nitrogens with two attached hydrogens (primary N) is 1. The van der Waals surface area contributed by atoms with Crippen LogP contribution < -0.4 is 11.1 Å². The van der Waals surface area contributed by atoms with Gasteiger partial charge in [-0.2, -0.15) is 4.68 Å². The summed E-state index contributed by atoms with van der Waals surface area (Å²) in [5, 5.41) is 16.1.